The van der Waals surface area contributed by atoms with Crippen LogP contribution in [-0.4, -0.2) is 57.9 Å². The average molecular weight is 2390 g/mol. The standard InChI is InChI=1S/C127H161I4O8S2/c1-15-22-78-126(91(11)92(12)127(103-30-25-24-26-31-103)81-74-99(75-82-127)123(130)29-19-5)79-76-112(77-80-126)139-109-58-66-114(67-59-109)140(14,133)113-64-56-108(57-65-113)136-105-50-42-96(43-51-105)119(95(20-6)35-32-88(8)121(128)27-17-3)86-93-33-72-117(89(9)84-93)118-73-34-94(85-90(118)10)87-120(97-36-38-98(39-37-97)122(129)28-18-4)125(13,21-7)102-46-54-107(55-47-102)138-111-62-70-116(71-63-111)141(134,135)115-68-60-110(61-69-115)137-106-52-44-101(45-53-106)124(132)100-40-48-104(49-41-100)131-83-23-16-2/h15,33-34,36-39,42-47,50-59,62-67,70-73,84-88,91,95,99-100,103-104,110,112,115,121-123H,1,12,14,16-32,35,40-41,48-49,60-61,68-69,74-83H2,2-11,13H3/q-1/b119-86+,120-87+. The van der Waals surface area contributed by atoms with Crippen molar-refractivity contribution in [1.82, 2.24) is 0 Å². The molecule has 141 heavy (non-hydrogen) atoms. The van der Waals surface area contributed by atoms with E-state index in [0.29, 0.717) is 83.2 Å². The van der Waals surface area contributed by atoms with Crippen LogP contribution in [0.15, 0.2) is 246 Å². The number of alkyl halides is 5. The van der Waals surface area contributed by atoms with Gasteiger partial charge in [0, 0.05) is 36.5 Å². The van der Waals surface area contributed by atoms with Gasteiger partial charge in [-0.3, -0.25) is 4.21 Å². The van der Waals surface area contributed by atoms with E-state index in [1.54, 1.807) is 29.8 Å². The molecule has 0 amide bonds. The fourth-order valence-corrected chi connectivity index (χ4v) is 34.4. The van der Waals surface area contributed by atoms with Crippen molar-refractivity contribution in [2.24, 2.45) is 46.3 Å². The van der Waals surface area contributed by atoms with Crippen molar-refractivity contribution in [2.45, 2.75) is 354 Å². The van der Waals surface area contributed by atoms with Gasteiger partial charge < -0.3 is 14.2 Å². The summed E-state index contributed by atoms with van der Waals surface area (Å²) in [5.74, 6) is 11.9. The first-order valence-electron chi connectivity index (χ1n) is 54.1. The Kier molecular flexibility index (Phi) is 40.7. The normalized spacial score (nSPS) is 22.8. The molecular weight excluding hydrogens is 2230 g/mol. The molecule has 9 aromatic rings. The Labute approximate surface area is 902 Å². The number of hydrogen-bond donors (Lipinski definition) is 0. The van der Waals surface area contributed by atoms with Crippen LogP contribution < -0.4 is 40.2 Å². The van der Waals surface area contributed by atoms with Gasteiger partial charge >= 0.3 is 151 Å². The number of carbonyl (C=O) groups is 1. The van der Waals surface area contributed by atoms with E-state index in [1.807, 2.05) is 84.9 Å². The molecule has 0 saturated heterocycles. The molecule has 14 heteroatoms. The van der Waals surface area contributed by atoms with E-state index < -0.39 is 30.0 Å². The Hall–Kier alpha value is -6.30. The number of ketones is 1. The second kappa shape index (κ2) is 52.0. The number of unbranched alkanes of at least 4 members (excludes halogenated alkanes) is 1. The van der Waals surface area contributed by atoms with Gasteiger partial charge in [-0.25, -0.2) is 8.42 Å². The molecule has 14 rings (SSSR count). The SMILES string of the molecule is C=CCCC1(C(C)C(=C)C2(C3CCCCC3)CCC(C(I)CCC)CC2)CCC(Oc2ccc(S(=C)(=O)c3ccc(Oc4ccc(/C(=C/c5ccc(-c6ccc(/C=C(\c7ccc(C(I)CCC)cc7)C(C)(CC)c7ccc(Oc8ccc(S(=O)(=O)C9CCC(Oc%10ccc(C(=O)C%11CCC([I-]CCCC)CC%11)cc%10)CC9)cc8)cc7)cc6C)c(C)c5)C(CC)CCC(C)C(I)CCC)cc4)cc3)cc2)CC1. The van der Waals surface area contributed by atoms with Crippen LogP contribution >= 0.6 is 67.8 Å². The smallest absolute Gasteiger partial charge is 0.0823 e. The van der Waals surface area contributed by atoms with Gasteiger partial charge in [0.1, 0.15) is 28.7 Å². The van der Waals surface area contributed by atoms with Gasteiger partial charge in [0.05, 0.1) is 16.2 Å². The molecule has 5 saturated carbocycles. The van der Waals surface area contributed by atoms with E-state index in [2.05, 4.69) is 272 Å². The van der Waals surface area contributed by atoms with E-state index in [9.17, 15) is 17.4 Å². The van der Waals surface area contributed by atoms with Crippen molar-refractivity contribution in [3.8, 4) is 45.6 Å². The molecule has 0 aromatic heterocycles. The Bertz CT molecular complexity index is 5830. The summed E-state index contributed by atoms with van der Waals surface area (Å²) < 4.78 is 73.7. The maximum absolute atomic E-state index is 14.8. The van der Waals surface area contributed by atoms with Crippen LogP contribution in [0.5, 0.6) is 34.5 Å². The quantitative estimate of drug-likeness (QED) is 0.00706. The Morgan fingerprint density at radius 2 is 1.03 bits per heavy atom. The first kappa shape index (κ1) is 110. The molecular formula is C127H161I4O8S2-. The van der Waals surface area contributed by atoms with Crippen LogP contribution in [-0.2, 0) is 24.8 Å². The third-order valence-electron chi connectivity index (χ3n) is 33.5. The van der Waals surface area contributed by atoms with Crippen LogP contribution in [0.4, 0.5) is 0 Å². The summed E-state index contributed by atoms with van der Waals surface area (Å²) in [6, 6.07) is 70.5. The zero-order chi connectivity index (χ0) is 100. The number of halogens is 4. The van der Waals surface area contributed by atoms with Gasteiger partial charge in [-0.1, -0.05) is 277 Å². The molecule has 758 valence electrons. The molecule has 8 atom stereocenters. The molecule has 0 bridgehead atoms. The summed E-state index contributed by atoms with van der Waals surface area (Å²) in [7, 11) is -6.45. The second-order valence-electron chi connectivity index (χ2n) is 42.7. The van der Waals surface area contributed by atoms with Crippen molar-refractivity contribution in [1.29, 1.82) is 0 Å². The zero-order valence-electron chi connectivity index (χ0n) is 86.5. The Morgan fingerprint density at radius 3 is 1.55 bits per heavy atom. The number of carbonyl (C=O) groups excluding carboxylic acids is 1. The predicted molar refractivity (Wildman–Crippen MR) is 619 cm³/mol. The van der Waals surface area contributed by atoms with Crippen molar-refractivity contribution < 1.29 is 57.6 Å². The molecule has 0 aliphatic heterocycles. The molecule has 8 nitrogen and oxygen atoms in total. The molecule has 5 fully saturated rings. The molecule has 0 N–H and O–H groups in total. The number of allylic oxidation sites excluding steroid dienone is 4. The van der Waals surface area contributed by atoms with E-state index in [-0.39, 0.29) is 55.9 Å². The summed E-state index contributed by atoms with van der Waals surface area (Å²) in [6.45, 7) is 35.1. The van der Waals surface area contributed by atoms with Crippen molar-refractivity contribution >= 4 is 122 Å². The first-order valence-corrected chi connectivity index (χ1v) is 63.8. The van der Waals surface area contributed by atoms with Gasteiger partial charge in [-0.05, 0) is 359 Å². The number of hydrogen-bond acceptors (Lipinski definition) is 8. The van der Waals surface area contributed by atoms with Crippen LogP contribution in [0.1, 0.15) is 346 Å². The summed E-state index contributed by atoms with van der Waals surface area (Å²) in [6.07, 6.45) is 46.5. The minimum absolute atomic E-state index is 0.0842. The molecule has 0 radical (unpaired) electrons. The number of aryl methyl sites for hydroxylation is 2. The van der Waals surface area contributed by atoms with Crippen molar-refractivity contribution in [2.75, 3.05) is 4.43 Å². The minimum atomic E-state index is -3.60. The van der Waals surface area contributed by atoms with Crippen molar-refractivity contribution in [3.05, 3.63) is 281 Å². The molecule has 5 aliphatic carbocycles. The summed E-state index contributed by atoms with van der Waals surface area (Å²) >= 11 is 8.32. The topological polar surface area (TPSA) is 105 Å². The van der Waals surface area contributed by atoms with Gasteiger partial charge in [-0.15, -0.1) is 6.58 Å². The third-order valence-corrected chi connectivity index (χ3v) is 46.6. The van der Waals surface area contributed by atoms with E-state index in [4.69, 9.17) is 25.5 Å². The maximum atomic E-state index is 14.8. The molecule has 8 unspecified atom stereocenters. The summed E-state index contributed by atoms with van der Waals surface area (Å²) in [5.41, 5.74) is 17.0. The first-order chi connectivity index (χ1) is 68.0. The monoisotopic (exact) mass is 2390 g/mol. The number of benzene rings is 9. The number of Topliss-reactive ketones (excluding diaryl/α,β-unsaturated/α-hetero) is 1. The van der Waals surface area contributed by atoms with Crippen LogP contribution in [0, 0.1) is 60.2 Å². The van der Waals surface area contributed by atoms with Crippen molar-refractivity contribution in [3.63, 3.8) is 0 Å². The van der Waals surface area contributed by atoms with Crippen LogP contribution in [0.3, 0.4) is 0 Å². The van der Waals surface area contributed by atoms with Gasteiger partial charge in [0.2, 0.25) is 0 Å². The summed E-state index contributed by atoms with van der Waals surface area (Å²) in [4.78, 5) is 15.2. The predicted octanol–water partition coefficient (Wildman–Crippen LogP) is 34.1. The number of rotatable bonds is 47. The minimum Gasteiger partial charge on any atom is -0.0823 e. The van der Waals surface area contributed by atoms with Gasteiger partial charge in [0.15, 0.2) is 9.84 Å². The molecule has 0 spiro atoms. The van der Waals surface area contributed by atoms with Crippen LogP contribution in [0.2, 0.25) is 0 Å². The van der Waals surface area contributed by atoms with Gasteiger partial charge in [-0.2, -0.15) is 0 Å². The zero-order valence-corrected chi connectivity index (χ0v) is 96.8. The van der Waals surface area contributed by atoms with E-state index in [0.717, 1.165) is 138 Å². The third kappa shape index (κ3) is 27.8. The number of sulfone groups is 1. The average Bonchev–Trinajstić information content (AvgIpc) is 0.752. The van der Waals surface area contributed by atoms with Gasteiger partial charge in [0.25, 0.3) is 0 Å². The Balaban J connectivity index is 0.616. The second-order valence-corrected chi connectivity index (χ2v) is 55.6. The molecule has 9 aromatic carbocycles. The fraction of sp³-hybridized carbons (Fsp3) is 0.496. The molecule has 5 aliphatic rings. The number of ether oxygens (including phenoxy) is 4. The van der Waals surface area contributed by atoms with Crippen LogP contribution in [0.25, 0.3) is 34.4 Å². The Morgan fingerprint density at radius 1 is 0.525 bits per heavy atom. The molecule has 0 heterocycles. The summed E-state index contributed by atoms with van der Waals surface area (Å²) in [5, 5.41) is -0.496. The van der Waals surface area contributed by atoms with E-state index in [1.165, 1.54) is 175 Å². The van der Waals surface area contributed by atoms with E-state index >= 15 is 0 Å². The fourth-order valence-electron chi connectivity index (χ4n) is 24.2.